The van der Waals surface area contributed by atoms with Gasteiger partial charge in [-0.05, 0) is 44.8 Å². The average Bonchev–Trinajstić information content (AvgIpc) is 2.42. The number of piperidine rings is 1. The maximum Gasteiger partial charge on any atom is 0.250 e. The number of pyridine rings is 1. The van der Waals surface area contributed by atoms with Gasteiger partial charge in [0, 0.05) is 25.2 Å². The number of aromatic nitrogens is 1. The molecule has 1 aromatic heterocycles. The lowest BCUT2D eigenvalue weighted by Gasteiger charge is -2.21. The van der Waals surface area contributed by atoms with Crippen LogP contribution < -0.4 is 16.2 Å². The molecule has 0 aliphatic carbocycles. The van der Waals surface area contributed by atoms with Crippen molar-refractivity contribution in [1.82, 2.24) is 9.88 Å². The van der Waals surface area contributed by atoms with Crippen molar-refractivity contribution in [2.75, 3.05) is 18.4 Å². The lowest BCUT2D eigenvalue weighted by molar-refractivity contribution is -0.117. The van der Waals surface area contributed by atoms with Crippen LogP contribution in [-0.4, -0.2) is 23.6 Å². The van der Waals surface area contributed by atoms with Crippen LogP contribution in [0.5, 0.6) is 0 Å². The molecule has 0 spiro atoms. The summed E-state index contributed by atoms with van der Waals surface area (Å²) in [7, 11) is 0. The van der Waals surface area contributed by atoms with Gasteiger partial charge in [0.05, 0.1) is 5.69 Å². The van der Waals surface area contributed by atoms with E-state index in [-0.39, 0.29) is 11.5 Å². The molecule has 2 rings (SSSR count). The number of anilines is 1. The number of nitrogens with one attached hydrogen (secondary N) is 2. The Morgan fingerprint density at radius 1 is 1.42 bits per heavy atom. The highest BCUT2D eigenvalue weighted by atomic mass is 16.1. The third kappa shape index (κ3) is 3.92. The Labute approximate surface area is 113 Å². The molecule has 1 aliphatic rings. The van der Waals surface area contributed by atoms with Gasteiger partial charge in [0.25, 0.3) is 5.56 Å². The average molecular weight is 263 g/mol. The van der Waals surface area contributed by atoms with Crippen LogP contribution in [0.25, 0.3) is 0 Å². The summed E-state index contributed by atoms with van der Waals surface area (Å²) in [6.07, 6.45) is 4.37. The first-order valence-electron chi connectivity index (χ1n) is 6.90. The van der Waals surface area contributed by atoms with Gasteiger partial charge in [-0.3, -0.25) is 9.59 Å². The number of rotatable bonds is 4. The summed E-state index contributed by atoms with van der Waals surface area (Å²) in [4.78, 5) is 23.4. The molecule has 0 radical (unpaired) electrons. The second-order valence-electron chi connectivity index (χ2n) is 4.99. The van der Waals surface area contributed by atoms with Crippen LogP contribution >= 0.6 is 0 Å². The van der Waals surface area contributed by atoms with Crippen molar-refractivity contribution in [1.29, 1.82) is 0 Å². The first-order valence-corrected chi connectivity index (χ1v) is 6.90. The van der Waals surface area contributed by atoms with Gasteiger partial charge in [-0.2, -0.15) is 0 Å². The Kier molecular flexibility index (Phi) is 4.74. The van der Waals surface area contributed by atoms with Crippen LogP contribution in [0, 0.1) is 5.92 Å². The molecule has 0 unspecified atom stereocenters. The zero-order chi connectivity index (χ0) is 13.7. The number of hydrogen-bond acceptors (Lipinski definition) is 3. The fourth-order valence-corrected chi connectivity index (χ4v) is 2.41. The molecule has 5 nitrogen and oxygen atoms in total. The lowest BCUT2D eigenvalue weighted by Crippen LogP contribution is -2.30. The number of nitrogens with zero attached hydrogens (tertiary/aromatic N) is 1. The summed E-state index contributed by atoms with van der Waals surface area (Å²) in [6.45, 7) is 4.51. The van der Waals surface area contributed by atoms with Gasteiger partial charge in [0.15, 0.2) is 0 Å². The van der Waals surface area contributed by atoms with Crippen LogP contribution in [0.15, 0.2) is 23.1 Å². The van der Waals surface area contributed by atoms with Gasteiger partial charge in [0.2, 0.25) is 5.91 Å². The van der Waals surface area contributed by atoms with E-state index in [1.165, 1.54) is 6.07 Å². The molecule has 0 atom stereocenters. The highest BCUT2D eigenvalue weighted by Gasteiger charge is 2.16. The third-order valence-electron chi connectivity index (χ3n) is 3.54. The summed E-state index contributed by atoms with van der Waals surface area (Å²) in [5.74, 6) is 0.506. The molecular weight excluding hydrogens is 242 g/mol. The highest BCUT2D eigenvalue weighted by molar-refractivity contribution is 5.90. The van der Waals surface area contributed by atoms with Gasteiger partial charge < -0.3 is 15.2 Å². The van der Waals surface area contributed by atoms with Crippen LogP contribution in [0.3, 0.4) is 0 Å². The van der Waals surface area contributed by atoms with Crippen molar-refractivity contribution in [3.05, 3.63) is 28.7 Å². The fraction of sp³-hybridized carbons (Fsp3) is 0.571. The highest BCUT2D eigenvalue weighted by Crippen LogP contribution is 2.16. The molecule has 1 amide bonds. The first kappa shape index (κ1) is 13.8. The van der Waals surface area contributed by atoms with Crippen molar-refractivity contribution in [2.45, 2.75) is 32.7 Å². The second-order valence-corrected chi connectivity index (χ2v) is 4.99. The molecule has 0 aromatic carbocycles. The summed E-state index contributed by atoms with van der Waals surface area (Å²) in [6, 6.07) is 3.15. The maximum absolute atomic E-state index is 11.9. The largest absolute Gasteiger partial charge is 0.325 e. The van der Waals surface area contributed by atoms with Gasteiger partial charge in [0.1, 0.15) is 0 Å². The molecule has 0 bridgehead atoms. The third-order valence-corrected chi connectivity index (χ3v) is 3.54. The summed E-state index contributed by atoms with van der Waals surface area (Å²) in [5, 5.41) is 6.16. The number of carbonyl (C=O) groups is 1. The van der Waals surface area contributed by atoms with Crippen LogP contribution in [-0.2, 0) is 11.3 Å². The van der Waals surface area contributed by atoms with Gasteiger partial charge in [-0.1, -0.05) is 0 Å². The van der Waals surface area contributed by atoms with E-state index in [0.29, 0.717) is 24.6 Å². The van der Waals surface area contributed by atoms with Crippen molar-refractivity contribution in [3.8, 4) is 0 Å². The van der Waals surface area contributed by atoms with E-state index in [4.69, 9.17) is 0 Å². The van der Waals surface area contributed by atoms with Crippen molar-refractivity contribution in [3.63, 3.8) is 0 Å². The smallest absolute Gasteiger partial charge is 0.250 e. The van der Waals surface area contributed by atoms with Crippen molar-refractivity contribution in [2.24, 2.45) is 5.92 Å². The van der Waals surface area contributed by atoms with Crippen molar-refractivity contribution >= 4 is 11.6 Å². The topological polar surface area (TPSA) is 63.1 Å². The lowest BCUT2D eigenvalue weighted by atomic mass is 9.94. The Balaban J connectivity index is 1.92. The molecule has 2 heterocycles. The Bertz CT molecular complexity index is 490. The molecule has 1 aromatic rings. The van der Waals surface area contributed by atoms with Gasteiger partial charge in [-0.25, -0.2) is 0 Å². The predicted molar refractivity (Wildman–Crippen MR) is 75.2 cm³/mol. The molecular formula is C14H21N3O2. The molecule has 104 valence electrons. The zero-order valence-electron chi connectivity index (χ0n) is 11.3. The normalized spacial score (nSPS) is 16.3. The summed E-state index contributed by atoms with van der Waals surface area (Å²) >= 11 is 0. The SMILES string of the molecule is CCn1cc(NC(=O)CC2CCNCC2)ccc1=O. The molecule has 19 heavy (non-hydrogen) atoms. The molecule has 0 saturated carbocycles. The second kappa shape index (κ2) is 6.52. The molecule has 5 heteroatoms. The molecule has 1 fully saturated rings. The van der Waals surface area contributed by atoms with Crippen LogP contribution in [0.4, 0.5) is 5.69 Å². The van der Waals surface area contributed by atoms with Gasteiger partial charge >= 0.3 is 0 Å². The first-order chi connectivity index (χ1) is 9.19. The minimum atomic E-state index is -0.0427. The van der Waals surface area contributed by atoms with E-state index in [1.54, 1.807) is 16.8 Å². The Morgan fingerprint density at radius 2 is 2.16 bits per heavy atom. The van der Waals surface area contributed by atoms with E-state index in [0.717, 1.165) is 25.9 Å². The van der Waals surface area contributed by atoms with Crippen LogP contribution in [0.1, 0.15) is 26.2 Å². The van der Waals surface area contributed by atoms with E-state index >= 15 is 0 Å². The number of aryl methyl sites for hydroxylation is 1. The number of amides is 1. The summed E-state index contributed by atoms with van der Waals surface area (Å²) in [5.41, 5.74) is 0.652. The van der Waals surface area contributed by atoms with E-state index < -0.39 is 0 Å². The minimum absolute atomic E-state index is 0.0354. The van der Waals surface area contributed by atoms with E-state index in [9.17, 15) is 9.59 Å². The number of hydrogen-bond donors (Lipinski definition) is 2. The molecule has 1 aliphatic heterocycles. The summed E-state index contributed by atoms with van der Waals surface area (Å²) < 4.78 is 1.58. The van der Waals surface area contributed by atoms with E-state index in [2.05, 4.69) is 10.6 Å². The predicted octanol–water partition coefficient (Wildman–Crippen LogP) is 1.20. The molecule has 2 N–H and O–H groups in total. The van der Waals surface area contributed by atoms with Crippen LogP contribution in [0.2, 0.25) is 0 Å². The zero-order valence-corrected chi connectivity index (χ0v) is 11.3. The Morgan fingerprint density at radius 3 is 2.84 bits per heavy atom. The monoisotopic (exact) mass is 263 g/mol. The molecule has 1 saturated heterocycles. The standard InChI is InChI=1S/C14H21N3O2/c1-2-17-10-12(3-4-14(17)19)16-13(18)9-11-5-7-15-8-6-11/h3-4,10-11,15H,2,5-9H2,1H3,(H,16,18). The minimum Gasteiger partial charge on any atom is -0.325 e. The maximum atomic E-state index is 11.9. The Hall–Kier alpha value is -1.62. The fourth-order valence-electron chi connectivity index (χ4n) is 2.41. The number of carbonyl (C=O) groups excluding carboxylic acids is 1. The quantitative estimate of drug-likeness (QED) is 0.858. The van der Waals surface area contributed by atoms with Crippen molar-refractivity contribution < 1.29 is 4.79 Å². The van der Waals surface area contributed by atoms with Gasteiger partial charge in [-0.15, -0.1) is 0 Å². The van der Waals surface area contributed by atoms with E-state index in [1.807, 2.05) is 6.92 Å².